The number of thiazole rings is 1. The van der Waals surface area contributed by atoms with Crippen LogP contribution in [-0.2, 0) is 6.54 Å². The first-order chi connectivity index (χ1) is 15.0. The fraction of sp³-hybridized carbons (Fsp3) is 0.0435. The summed E-state index contributed by atoms with van der Waals surface area (Å²) in [6.07, 6.45) is 0. The van der Waals surface area contributed by atoms with E-state index < -0.39 is 11.6 Å². The van der Waals surface area contributed by atoms with Crippen molar-refractivity contribution in [3.63, 3.8) is 0 Å². The van der Waals surface area contributed by atoms with E-state index in [4.69, 9.17) is 23.8 Å². The molecular formula is C23H13ClF2N2OS2. The second-order valence-electron chi connectivity index (χ2n) is 6.98. The third kappa shape index (κ3) is 3.29. The molecule has 0 aliphatic carbocycles. The lowest BCUT2D eigenvalue weighted by atomic mass is 10.1. The van der Waals surface area contributed by atoms with Gasteiger partial charge in [-0.1, -0.05) is 41.9 Å². The number of benzene rings is 3. The zero-order chi connectivity index (χ0) is 21.7. The largest absolute Gasteiger partial charge is 0.288 e. The Kier molecular flexibility index (Phi) is 4.97. The first-order valence-electron chi connectivity index (χ1n) is 9.31. The second-order valence-corrected chi connectivity index (χ2v) is 9.03. The van der Waals surface area contributed by atoms with Crippen LogP contribution in [-0.4, -0.2) is 8.97 Å². The molecule has 0 unspecified atom stereocenters. The fourth-order valence-electron chi connectivity index (χ4n) is 3.72. The first kappa shape index (κ1) is 20.1. The average Bonchev–Trinajstić information content (AvgIpc) is 3.10. The SMILES string of the molecule is O=c1c2ccccc2n2c(=S)sc(-c3cccc(F)c3)c2n1Cc1c(F)cccc1Cl. The highest BCUT2D eigenvalue weighted by molar-refractivity contribution is 7.73. The van der Waals surface area contributed by atoms with Gasteiger partial charge in [-0.05, 0) is 54.2 Å². The normalized spacial score (nSPS) is 11.5. The predicted molar refractivity (Wildman–Crippen MR) is 124 cm³/mol. The number of hydrogen-bond donors (Lipinski definition) is 0. The molecule has 8 heteroatoms. The van der Waals surface area contributed by atoms with Gasteiger partial charge in [0.25, 0.3) is 5.56 Å². The molecule has 154 valence electrons. The molecule has 5 aromatic rings. The summed E-state index contributed by atoms with van der Waals surface area (Å²) in [5.74, 6) is -0.909. The lowest BCUT2D eigenvalue weighted by molar-refractivity contribution is 0.599. The number of fused-ring (bicyclic) bond motifs is 3. The van der Waals surface area contributed by atoms with Crippen LogP contribution in [0, 0.1) is 15.6 Å². The maximum absolute atomic E-state index is 14.6. The van der Waals surface area contributed by atoms with Crippen molar-refractivity contribution in [2.45, 2.75) is 6.54 Å². The van der Waals surface area contributed by atoms with Crippen molar-refractivity contribution in [2.24, 2.45) is 0 Å². The van der Waals surface area contributed by atoms with Gasteiger partial charge in [-0.25, -0.2) is 8.78 Å². The van der Waals surface area contributed by atoms with Crippen molar-refractivity contribution in [3.05, 3.63) is 103 Å². The van der Waals surface area contributed by atoms with Gasteiger partial charge in [0.05, 0.1) is 22.3 Å². The fourth-order valence-corrected chi connectivity index (χ4v) is 5.37. The molecule has 31 heavy (non-hydrogen) atoms. The summed E-state index contributed by atoms with van der Waals surface area (Å²) in [5, 5.41) is 0.668. The molecule has 0 bridgehead atoms. The molecule has 3 nitrogen and oxygen atoms in total. The molecule has 2 aromatic heterocycles. The first-order valence-corrected chi connectivity index (χ1v) is 10.9. The average molecular weight is 471 g/mol. The van der Waals surface area contributed by atoms with Gasteiger partial charge in [-0.3, -0.25) is 13.8 Å². The van der Waals surface area contributed by atoms with Crippen molar-refractivity contribution < 1.29 is 8.78 Å². The molecule has 0 aliphatic heterocycles. The van der Waals surface area contributed by atoms with Gasteiger partial charge in [0.1, 0.15) is 17.3 Å². The number of para-hydroxylation sites is 1. The molecule has 0 N–H and O–H groups in total. The zero-order valence-electron chi connectivity index (χ0n) is 15.8. The highest BCUT2D eigenvalue weighted by Crippen LogP contribution is 2.34. The third-order valence-corrected chi connectivity index (χ3v) is 6.89. The highest BCUT2D eigenvalue weighted by atomic mass is 35.5. The topological polar surface area (TPSA) is 26.4 Å². The Morgan fingerprint density at radius 1 is 1.00 bits per heavy atom. The summed E-state index contributed by atoms with van der Waals surface area (Å²) in [7, 11) is 0. The summed E-state index contributed by atoms with van der Waals surface area (Å²) in [4.78, 5) is 14.1. The minimum atomic E-state index is -0.508. The van der Waals surface area contributed by atoms with Gasteiger partial charge >= 0.3 is 0 Å². The van der Waals surface area contributed by atoms with Gasteiger partial charge in [0.2, 0.25) is 0 Å². The zero-order valence-corrected chi connectivity index (χ0v) is 18.2. The maximum atomic E-state index is 14.6. The summed E-state index contributed by atoms with van der Waals surface area (Å²) in [6, 6.07) is 17.6. The summed E-state index contributed by atoms with van der Waals surface area (Å²) >= 11 is 13.2. The standard InChI is InChI=1S/C23H13ClF2N2OS2/c24-17-8-4-9-18(26)16(17)12-27-21-20(13-5-3-6-14(25)11-13)31-23(30)28(21)19-10-2-1-7-15(19)22(27)29/h1-11H,12H2. The quantitative estimate of drug-likeness (QED) is 0.274. The van der Waals surface area contributed by atoms with E-state index in [9.17, 15) is 13.6 Å². The molecule has 2 heterocycles. The number of hydrogen-bond acceptors (Lipinski definition) is 3. The van der Waals surface area contributed by atoms with Crippen LogP contribution < -0.4 is 5.56 Å². The van der Waals surface area contributed by atoms with Crippen LogP contribution in [0.1, 0.15) is 5.56 Å². The van der Waals surface area contributed by atoms with E-state index in [1.807, 2.05) is 12.1 Å². The molecule has 3 aromatic carbocycles. The smallest absolute Gasteiger partial charge is 0.261 e. The molecule has 0 amide bonds. The Labute approximate surface area is 189 Å². The predicted octanol–water partition coefficient (Wildman–Crippen LogP) is 6.69. The van der Waals surface area contributed by atoms with E-state index in [1.165, 1.54) is 40.2 Å². The summed E-state index contributed by atoms with van der Waals surface area (Å²) in [6.45, 7) is -0.0908. The second kappa shape index (κ2) is 7.67. The molecule has 5 rings (SSSR count). The van der Waals surface area contributed by atoms with E-state index in [1.54, 1.807) is 34.7 Å². The van der Waals surface area contributed by atoms with Crippen LogP contribution in [0.2, 0.25) is 5.02 Å². The molecule has 0 atom stereocenters. The molecule has 0 spiro atoms. The van der Waals surface area contributed by atoms with Crippen LogP contribution in [0.25, 0.3) is 27.0 Å². The summed E-state index contributed by atoms with van der Waals surface area (Å²) < 4.78 is 32.3. The molecule has 0 saturated carbocycles. The molecule has 0 saturated heterocycles. The monoisotopic (exact) mass is 470 g/mol. The Balaban J connectivity index is 1.94. The number of aromatic nitrogens is 2. The number of nitrogens with zero attached hydrogens (tertiary/aromatic N) is 2. The van der Waals surface area contributed by atoms with Crippen molar-refractivity contribution in [1.82, 2.24) is 8.97 Å². The van der Waals surface area contributed by atoms with Crippen molar-refractivity contribution in [1.29, 1.82) is 0 Å². The molecule has 0 fully saturated rings. The third-order valence-electron chi connectivity index (χ3n) is 5.13. The minimum Gasteiger partial charge on any atom is -0.288 e. The Morgan fingerprint density at radius 2 is 1.77 bits per heavy atom. The molecule has 0 aliphatic rings. The van der Waals surface area contributed by atoms with E-state index in [0.29, 0.717) is 30.9 Å². The van der Waals surface area contributed by atoms with Gasteiger partial charge in [-0.2, -0.15) is 0 Å². The Bertz CT molecular complexity index is 1580. The maximum Gasteiger partial charge on any atom is 0.261 e. The van der Waals surface area contributed by atoms with Crippen molar-refractivity contribution in [2.75, 3.05) is 0 Å². The van der Waals surface area contributed by atoms with Crippen LogP contribution in [0.3, 0.4) is 0 Å². The Hall–Kier alpha value is -2.87. The van der Waals surface area contributed by atoms with Crippen LogP contribution >= 0.6 is 35.2 Å². The van der Waals surface area contributed by atoms with Crippen molar-refractivity contribution in [3.8, 4) is 10.4 Å². The van der Waals surface area contributed by atoms with E-state index in [0.717, 1.165) is 0 Å². The lowest BCUT2D eigenvalue weighted by Crippen LogP contribution is -2.24. The van der Waals surface area contributed by atoms with Crippen molar-refractivity contribution >= 4 is 51.7 Å². The lowest BCUT2D eigenvalue weighted by Gasteiger charge is -2.14. The van der Waals surface area contributed by atoms with E-state index >= 15 is 0 Å². The molecule has 0 radical (unpaired) electrons. The van der Waals surface area contributed by atoms with E-state index in [2.05, 4.69) is 0 Å². The van der Waals surface area contributed by atoms with Gasteiger partial charge in [-0.15, -0.1) is 11.3 Å². The highest BCUT2D eigenvalue weighted by Gasteiger charge is 2.20. The van der Waals surface area contributed by atoms with Crippen LogP contribution in [0.5, 0.6) is 0 Å². The van der Waals surface area contributed by atoms with E-state index in [-0.39, 0.29) is 22.7 Å². The minimum absolute atomic E-state index is 0.0908. The number of halogens is 3. The van der Waals surface area contributed by atoms with Crippen LogP contribution in [0.4, 0.5) is 8.78 Å². The Morgan fingerprint density at radius 3 is 2.55 bits per heavy atom. The van der Waals surface area contributed by atoms with Gasteiger partial charge in [0.15, 0.2) is 3.95 Å². The molecular weight excluding hydrogens is 458 g/mol. The van der Waals surface area contributed by atoms with Gasteiger partial charge < -0.3 is 0 Å². The number of rotatable bonds is 3. The van der Waals surface area contributed by atoms with Crippen LogP contribution in [0.15, 0.2) is 71.5 Å². The summed E-state index contributed by atoms with van der Waals surface area (Å²) in [5.41, 5.74) is 1.60. The van der Waals surface area contributed by atoms with Gasteiger partial charge in [0, 0.05) is 10.6 Å².